The molecule has 0 aliphatic carbocycles. The van der Waals surface area contributed by atoms with Gasteiger partial charge in [0, 0.05) is 32.2 Å². The molecule has 0 saturated carbocycles. The van der Waals surface area contributed by atoms with E-state index in [-0.39, 0.29) is 31.0 Å². The summed E-state index contributed by atoms with van der Waals surface area (Å²) in [7, 11) is -4.11. The van der Waals surface area contributed by atoms with E-state index in [0.29, 0.717) is 25.5 Å². The molecule has 0 bridgehead atoms. The smallest absolute Gasteiger partial charge is 0.378 e. The minimum absolute atomic E-state index is 0.0656. The molecular weight excluding hydrogens is 445 g/mol. The Hall–Kier alpha value is -1.36. The fraction of sp³-hybridized carbons (Fsp3) is 0.632. The lowest BCUT2D eigenvalue weighted by Gasteiger charge is -2.30. The number of rotatable bonds is 6. The van der Waals surface area contributed by atoms with Gasteiger partial charge in [-0.25, -0.2) is 8.42 Å². The standard InChI is InChI=1S/C19H24ClF3N2O4S/c20-17-4-3-15(12-16(17)19(21,22)23)30(27,28)25-9-6-13(7-10-25)18(26)24-8-5-14-2-1-11-29-14/h3-4,12-14H,1-2,5-11H2,(H,24,26). The molecule has 2 aliphatic heterocycles. The van der Waals surface area contributed by atoms with Gasteiger partial charge in [0.05, 0.1) is 21.6 Å². The third-order valence-electron chi connectivity index (χ3n) is 5.50. The first-order valence-electron chi connectivity index (χ1n) is 9.85. The SMILES string of the molecule is O=C(NCCC1CCCO1)C1CCN(S(=O)(=O)c2ccc(Cl)c(C(F)(F)F)c2)CC1. The highest BCUT2D eigenvalue weighted by Gasteiger charge is 2.37. The average Bonchev–Trinajstić information content (AvgIpc) is 3.21. The van der Waals surface area contributed by atoms with Gasteiger partial charge in [-0.2, -0.15) is 17.5 Å². The molecule has 0 radical (unpaired) electrons. The molecule has 2 saturated heterocycles. The molecule has 6 nitrogen and oxygen atoms in total. The Labute approximate surface area is 178 Å². The molecule has 1 unspecified atom stereocenters. The van der Waals surface area contributed by atoms with Crippen LogP contribution in [0.3, 0.4) is 0 Å². The second kappa shape index (κ2) is 9.42. The summed E-state index contributed by atoms with van der Waals surface area (Å²) < 4.78 is 71.3. The van der Waals surface area contributed by atoms with Crippen LogP contribution in [0.1, 0.15) is 37.7 Å². The van der Waals surface area contributed by atoms with Crippen molar-refractivity contribution in [2.75, 3.05) is 26.2 Å². The maximum atomic E-state index is 13.1. The number of carbonyl (C=O) groups is 1. The number of alkyl halides is 3. The number of nitrogens with zero attached hydrogens (tertiary/aromatic N) is 1. The second-order valence-electron chi connectivity index (χ2n) is 7.53. The molecular formula is C19H24ClF3N2O4S. The van der Waals surface area contributed by atoms with Gasteiger partial charge in [-0.05, 0) is 50.3 Å². The van der Waals surface area contributed by atoms with Crippen molar-refractivity contribution < 1.29 is 31.1 Å². The van der Waals surface area contributed by atoms with E-state index in [1.165, 1.54) is 0 Å². The third kappa shape index (κ3) is 5.46. The van der Waals surface area contributed by atoms with Crippen LogP contribution >= 0.6 is 11.6 Å². The van der Waals surface area contributed by atoms with Gasteiger partial charge in [-0.3, -0.25) is 4.79 Å². The number of benzene rings is 1. The molecule has 2 fully saturated rings. The molecule has 2 heterocycles. The molecule has 1 aromatic rings. The Morgan fingerprint density at radius 2 is 1.93 bits per heavy atom. The van der Waals surface area contributed by atoms with Crippen molar-refractivity contribution in [3.8, 4) is 0 Å². The number of piperidine rings is 1. The highest BCUT2D eigenvalue weighted by molar-refractivity contribution is 7.89. The first kappa shape index (κ1) is 23.3. The Bertz CT molecular complexity index is 865. The summed E-state index contributed by atoms with van der Waals surface area (Å²) in [5.41, 5.74) is -1.19. The van der Waals surface area contributed by atoms with E-state index in [4.69, 9.17) is 16.3 Å². The lowest BCUT2D eigenvalue weighted by atomic mass is 9.97. The molecule has 2 aliphatic rings. The summed E-state index contributed by atoms with van der Waals surface area (Å²) in [4.78, 5) is 11.9. The zero-order valence-electron chi connectivity index (χ0n) is 16.3. The van der Waals surface area contributed by atoms with Crippen LogP contribution in [0.5, 0.6) is 0 Å². The summed E-state index contributed by atoms with van der Waals surface area (Å²) in [5.74, 6) is -0.451. The van der Waals surface area contributed by atoms with Crippen LogP contribution in [-0.2, 0) is 25.7 Å². The topological polar surface area (TPSA) is 75.7 Å². The van der Waals surface area contributed by atoms with Gasteiger partial charge < -0.3 is 10.1 Å². The largest absolute Gasteiger partial charge is 0.417 e. The van der Waals surface area contributed by atoms with Crippen LogP contribution < -0.4 is 5.32 Å². The van der Waals surface area contributed by atoms with Crippen molar-refractivity contribution in [3.05, 3.63) is 28.8 Å². The zero-order chi connectivity index (χ0) is 21.9. The number of hydrogen-bond donors (Lipinski definition) is 1. The fourth-order valence-electron chi connectivity index (χ4n) is 3.76. The minimum Gasteiger partial charge on any atom is -0.378 e. The summed E-state index contributed by atoms with van der Waals surface area (Å²) in [6.07, 6.45) is -1.18. The summed E-state index contributed by atoms with van der Waals surface area (Å²) in [6.45, 7) is 1.39. The van der Waals surface area contributed by atoms with Gasteiger partial charge in [0.1, 0.15) is 0 Å². The van der Waals surface area contributed by atoms with E-state index in [2.05, 4.69) is 5.32 Å². The Morgan fingerprint density at radius 1 is 1.23 bits per heavy atom. The van der Waals surface area contributed by atoms with E-state index in [0.717, 1.165) is 42.3 Å². The summed E-state index contributed by atoms with van der Waals surface area (Å²) in [6, 6.07) is 2.56. The van der Waals surface area contributed by atoms with E-state index in [9.17, 15) is 26.4 Å². The first-order valence-corrected chi connectivity index (χ1v) is 11.7. The predicted molar refractivity (Wildman–Crippen MR) is 105 cm³/mol. The van der Waals surface area contributed by atoms with E-state index < -0.39 is 31.7 Å². The van der Waals surface area contributed by atoms with Crippen molar-refractivity contribution >= 4 is 27.5 Å². The number of sulfonamides is 1. The molecule has 0 spiro atoms. The van der Waals surface area contributed by atoms with Crippen molar-refractivity contribution in [2.24, 2.45) is 5.92 Å². The highest BCUT2D eigenvalue weighted by Crippen LogP contribution is 2.36. The molecule has 1 N–H and O–H groups in total. The van der Waals surface area contributed by atoms with E-state index >= 15 is 0 Å². The van der Waals surface area contributed by atoms with Crippen LogP contribution in [0.25, 0.3) is 0 Å². The van der Waals surface area contributed by atoms with Crippen LogP contribution in [0.4, 0.5) is 13.2 Å². The molecule has 168 valence electrons. The Kier molecular flexibility index (Phi) is 7.32. The van der Waals surface area contributed by atoms with Gasteiger partial charge in [-0.1, -0.05) is 11.6 Å². The van der Waals surface area contributed by atoms with Crippen LogP contribution in [0, 0.1) is 5.92 Å². The van der Waals surface area contributed by atoms with Crippen LogP contribution in [-0.4, -0.2) is 51.0 Å². The second-order valence-corrected chi connectivity index (χ2v) is 9.88. The molecule has 1 atom stereocenters. The minimum atomic E-state index is -4.75. The third-order valence-corrected chi connectivity index (χ3v) is 7.72. The number of amides is 1. The number of nitrogens with one attached hydrogen (secondary N) is 1. The van der Waals surface area contributed by atoms with Crippen molar-refractivity contribution in [2.45, 2.75) is 49.3 Å². The zero-order valence-corrected chi connectivity index (χ0v) is 17.8. The maximum absolute atomic E-state index is 13.1. The first-order chi connectivity index (χ1) is 14.1. The quantitative estimate of drug-likeness (QED) is 0.694. The number of hydrogen-bond acceptors (Lipinski definition) is 4. The molecule has 3 rings (SSSR count). The Balaban J connectivity index is 1.56. The Morgan fingerprint density at radius 3 is 2.53 bits per heavy atom. The lowest BCUT2D eigenvalue weighted by molar-refractivity contribution is -0.137. The van der Waals surface area contributed by atoms with Crippen molar-refractivity contribution in [3.63, 3.8) is 0 Å². The number of halogens is 4. The average molecular weight is 469 g/mol. The maximum Gasteiger partial charge on any atom is 0.417 e. The molecule has 1 aromatic carbocycles. The monoisotopic (exact) mass is 468 g/mol. The van der Waals surface area contributed by atoms with Crippen molar-refractivity contribution in [1.82, 2.24) is 9.62 Å². The fourth-order valence-corrected chi connectivity index (χ4v) is 5.48. The van der Waals surface area contributed by atoms with E-state index in [1.807, 2.05) is 0 Å². The van der Waals surface area contributed by atoms with E-state index in [1.54, 1.807) is 0 Å². The molecule has 1 amide bonds. The highest BCUT2D eigenvalue weighted by atomic mass is 35.5. The van der Waals surface area contributed by atoms with Crippen LogP contribution in [0.15, 0.2) is 23.1 Å². The molecule has 0 aromatic heterocycles. The van der Waals surface area contributed by atoms with Crippen molar-refractivity contribution in [1.29, 1.82) is 0 Å². The van der Waals surface area contributed by atoms with Gasteiger partial charge in [-0.15, -0.1) is 0 Å². The normalized spacial score (nSPS) is 21.7. The molecule has 11 heteroatoms. The summed E-state index contributed by atoms with van der Waals surface area (Å²) in [5, 5.41) is 2.31. The molecule has 30 heavy (non-hydrogen) atoms. The summed E-state index contributed by atoms with van der Waals surface area (Å²) >= 11 is 5.57. The number of ether oxygens (including phenoxy) is 1. The van der Waals surface area contributed by atoms with Gasteiger partial charge >= 0.3 is 6.18 Å². The number of carbonyl (C=O) groups excluding carboxylic acids is 1. The lowest BCUT2D eigenvalue weighted by Crippen LogP contribution is -2.43. The van der Waals surface area contributed by atoms with Gasteiger partial charge in [0.15, 0.2) is 0 Å². The van der Waals surface area contributed by atoms with Gasteiger partial charge in [0.25, 0.3) is 0 Å². The van der Waals surface area contributed by atoms with Gasteiger partial charge in [0.2, 0.25) is 15.9 Å². The predicted octanol–water partition coefficient (Wildman–Crippen LogP) is 3.44. The van der Waals surface area contributed by atoms with Crippen LogP contribution in [0.2, 0.25) is 5.02 Å².